The summed E-state index contributed by atoms with van der Waals surface area (Å²) in [6.07, 6.45) is 3.82. The van der Waals surface area contributed by atoms with E-state index >= 15 is 0 Å². The van der Waals surface area contributed by atoms with Crippen molar-refractivity contribution in [2.75, 3.05) is 27.9 Å². The van der Waals surface area contributed by atoms with Crippen molar-refractivity contribution >= 4 is 11.7 Å². The Hall–Kier alpha value is -1.54. The number of oxime groups is 1. The summed E-state index contributed by atoms with van der Waals surface area (Å²) in [7, 11) is 4.60. The lowest BCUT2D eigenvalue weighted by molar-refractivity contribution is -0.140. The molecule has 0 N–H and O–H groups in total. The minimum Gasteiger partial charge on any atom is -0.469 e. The van der Waals surface area contributed by atoms with Gasteiger partial charge in [-0.25, -0.2) is 0 Å². The van der Waals surface area contributed by atoms with Gasteiger partial charge in [-0.3, -0.25) is 4.79 Å². The van der Waals surface area contributed by atoms with E-state index < -0.39 is 0 Å². The molecule has 5 nitrogen and oxygen atoms in total. The molecule has 0 aliphatic rings. The molecule has 0 amide bonds. The maximum atomic E-state index is 11.1. The van der Waals surface area contributed by atoms with Crippen LogP contribution in [0.25, 0.3) is 0 Å². The largest absolute Gasteiger partial charge is 0.469 e. The summed E-state index contributed by atoms with van der Waals surface area (Å²) in [5.41, 5.74) is 0.732. The van der Waals surface area contributed by atoms with E-state index in [4.69, 9.17) is 9.57 Å². The first kappa shape index (κ1) is 18.5. The predicted molar refractivity (Wildman–Crippen MR) is 78.4 cm³/mol. The normalized spacial score (nSPS) is 12.3. The van der Waals surface area contributed by atoms with E-state index in [1.165, 1.54) is 14.2 Å². The fourth-order valence-corrected chi connectivity index (χ4v) is 1.91. The Bertz CT molecular complexity index is 355. The average Bonchev–Trinajstić information content (AvgIpc) is 2.45. The van der Waals surface area contributed by atoms with Gasteiger partial charge in [-0.2, -0.15) is 0 Å². The van der Waals surface area contributed by atoms with Gasteiger partial charge in [0.15, 0.2) is 0 Å². The summed E-state index contributed by atoms with van der Waals surface area (Å²) < 4.78 is 9.71. The number of hydrogen-bond donors (Lipinski definition) is 0. The van der Waals surface area contributed by atoms with Crippen molar-refractivity contribution in [1.29, 1.82) is 0 Å². The van der Waals surface area contributed by atoms with Crippen LogP contribution in [0.2, 0.25) is 0 Å². The first-order valence-corrected chi connectivity index (χ1v) is 6.79. The van der Waals surface area contributed by atoms with E-state index in [1.807, 2.05) is 0 Å². The van der Waals surface area contributed by atoms with Gasteiger partial charge in [-0.15, -0.1) is 0 Å². The predicted octanol–water partition coefficient (Wildman–Crippen LogP) is 2.40. The highest BCUT2D eigenvalue weighted by atomic mass is 16.6. The lowest BCUT2D eigenvalue weighted by Crippen LogP contribution is -2.15. The molecule has 1 unspecified atom stereocenters. The molecular formula is C15H25NO4. The quantitative estimate of drug-likeness (QED) is 0.203. The fourth-order valence-electron chi connectivity index (χ4n) is 1.91. The van der Waals surface area contributed by atoms with Crippen LogP contribution in [0.5, 0.6) is 0 Å². The fraction of sp³-hybridized carbons (Fsp3) is 0.733. The van der Waals surface area contributed by atoms with Crippen LogP contribution in [0.1, 0.15) is 39.0 Å². The molecule has 1 atom stereocenters. The Morgan fingerprint density at radius 1 is 1.20 bits per heavy atom. The molecule has 0 saturated heterocycles. The Labute approximate surface area is 121 Å². The van der Waals surface area contributed by atoms with E-state index in [0.29, 0.717) is 13.0 Å². The van der Waals surface area contributed by atoms with Gasteiger partial charge in [0, 0.05) is 26.1 Å². The third kappa shape index (κ3) is 8.54. The first-order valence-electron chi connectivity index (χ1n) is 6.79. The SMILES string of the molecule is CC#C/C(=N\OC)C(CCCOC)CCCC(=O)OC. The van der Waals surface area contributed by atoms with E-state index in [9.17, 15) is 4.79 Å². The van der Waals surface area contributed by atoms with Gasteiger partial charge in [0.25, 0.3) is 0 Å². The number of methoxy groups -OCH3 is 2. The zero-order valence-electron chi connectivity index (χ0n) is 12.9. The molecule has 0 aromatic heterocycles. The van der Waals surface area contributed by atoms with Crippen molar-refractivity contribution in [3.8, 4) is 11.8 Å². The molecule has 20 heavy (non-hydrogen) atoms. The molecule has 0 aliphatic heterocycles. The molecule has 0 aliphatic carbocycles. The summed E-state index contributed by atoms with van der Waals surface area (Å²) in [5.74, 6) is 5.83. The van der Waals surface area contributed by atoms with Crippen molar-refractivity contribution in [1.82, 2.24) is 0 Å². The van der Waals surface area contributed by atoms with Gasteiger partial charge in [0.2, 0.25) is 0 Å². The first-order chi connectivity index (χ1) is 9.69. The summed E-state index contributed by atoms with van der Waals surface area (Å²) in [4.78, 5) is 16.0. The number of carbonyl (C=O) groups excluding carboxylic acids is 1. The van der Waals surface area contributed by atoms with Crippen LogP contribution in [0.3, 0.4) is 0 Å². The van der Waals surface area contributed by atoms with Gasteiger partial charge in [-0.1, -0.05) is 11.1 Å². The summed E-state index contributed by atoms with van der Waals surface area (Å²) in [6, 6.07) is 0. The van der Waals surface area contributed by atoms with Crippen molar-refractivity contribution in [3.05, 3.63) is 0 Å². The number of carbonyl (C=O) groups is 1. The monoisotopic (exact) mass is 283 g/mol. The molecule has 0 saturated carbocycles. The number of esters is 1. The van der Waals surface area contributed by atoms with Crippen LogP contribution < -0.4 is 0 Å². The molecule has 0 heterocycles. The molecule has 5 heteroatoms. The number of nitrogens with zero attached hydrogens (tertiary/aromatic N) is 1. The summed E-state index contributed by atoms with van der Waals surface area (Å²) in [6.45, 7) is 2.47. The Morgan fingerprint density at radius 3 is 2.45 bits per heavy atom. The van der Waals surface area contributed by atoms with Crippen LogP contribution in [-0.2, 0) is 19.1 Å². The average molecular weight is 283 g/mol. The highest BCUT2D eigenvalue weighted by molar-refractivity contribution is 6.01. The molecule has 0 spiro atoms. The zero-order chi connectivity index (χ0) is 15.2. The van der Waals surface area contributed by atoms with E-state index in [2.05, 4.69) is 21.7 Å². The van der Waals surface area contributed by atoms with Crippen molar-refractivity contribution < 1.29 is 19.1 Å². The van der Waals surface area contributed by atoms with Crippen LogP contribution in [0.4, 0.5) is 0 Å². The highest BCUT2D eigenvalue weighted by Gasteiger charge is 2.16. The summed E-state index contributed by atoms with van der Waals surface area (Å²) in [5, 5.41) is 4.00. The summed E-state index contributed by atoms with van der Waals surface area (Å²) >= 11 is 0. The lowest BCUT2D eigenvalue weighted by Gasteiger charge is -2.15. The van der Waals surface area contributed by atoms with Gasteiger partial charge in [0.05, 0.1) is 7.11 Å². The maximum Gasteiger partial charge on any atom is 0.305 e. The van der Waals surface area contributed by atoms with E-state index in [-0.39, 0.29) is 11.9 Å². The van der Waals surface area contributed by atoms with Gasteiger partial charge in [0.1, 0.15) is 12.8 Å². The second kappa shape index (κ2) is 12.5. The van der Waals surface area contributed by atoms with E-state index in [1.54, 1.807) is 14.0 Å². The number of hydrogen-bond acceptors (Lipinski definition) is 5. The zero-order valence-corrected chi connectivity index (χ0v) is 12.9. The van der Waals surface area contributed by atoms with Gasteiger partial charge >= 0.3 is 5.97 Å². The highest BCUT2D eigenvalue weighted by Crippen LogP contribution is 2.17. The topological polar surface area (TPSA) is 57.1 Å². The minimum absolute atomic E-state index is 0.183. The van der Waals surface area contributed by atoms with Crippen molar-refractivity contribution in [2.24, 2.45) is 11.1 Å². The van der Waals surface area contributed by atoms with Gasteiger partial charge in [-0.05, 0) is 38.5 Å². The van der Waals surface area contributed by atoms with Crippen LogP contribution in [0, 0.1) is 17.8 Å². The Balaban J connectivity index is 4.55. The van der Waals surface area contributed by atoms with Crippen molar-refractivity contribution in [3.63, 3.8) is 0 Å². The smallest absolute Gasteiger partial charge is 0.305 e. The second-order valence-electron chi connectivity index (χ2n) is 4.33. The lowest BCUT2D eigenvalue weighted by atomic mass is 9.92. The molecule has 0 aromatic rings. The third-order valence-electron chi connectivity index (χ3n) is 2.89. The molecule has 0 rings (SSSR count). The van der Waals surface area contributed by atoms with E-state index in [0.717, 1.165) is 31.4 Å². The number of ether oxygens (including phenoxy) is 2. The van der Waals surface area contributed by atoms with Crippen molar-refractivity contribution in [2.45, 2.75) is 39.0 Å². The second-order valence-corrected chi connectivity index (χ2v) is 4.33. The third-order valence-corrected chi connectivity index (χ3v) is 2.89. The molecule has 0 aromatic carbocycles. The molecule has 0 radical (unpaired) electrons. The maximum absolute atomic E-state index is 11.1. The Morgan fingerprint density at radius 2 is 1.90 bits per heavy atom. The number of rotatable bonds is 10. The van der Waals surface area contributed by atoms with Crippen LogP contribution in [0.15, 0.2) is 5.16 Å². The molecule has 114 valence electrons. The molecule has 0 fully saturated rings. The van der Waals surface area contributed by atoms with Gasteiger partial charge < -0.3 is 14.3 Å². The molecular weight excluding hydrogens is 258 g/mol. The minimum atomic E-state index is -0.188. The Kier molecular flexibility index (Phi) is 11.5. The van der Waals surface area contributed by atoms with Crippen LogP contribution >= 0.6 is 0 Å². The van der Waals surface area contributed by atoms with Crippen LogP contribution in [-0.4, -0.2) is 39.6 Å². The molecule has 0 bridgehead atoms. The standard InChI is InChI=1S/C15H25NO4/c1-5-8-14(16-20-4)13(10-7-12-18-2)9-6-11-15(17)19-3/h13H,6-7,9-12H2,1-4H3/b16-14+.